The van der Waals surface area contributed by atoms with Gasteiger partial charge in [0.15, 0.2) is 0 Å². The number of benzene rings is 1. The first-order valence-corrected chi connectivity index (χ1v) is 10.6. The standard InChI is InChI=1S/C19H30N2O2S/c1-15-4-5-16(2)18(12-15)14-21-10-8-17(9-11-21)13-20(3)24(22,23)19-6-7-19/h4-5,12,17,19H,6-11,13-14H2,1-3H3. The van der Waals surface area contributed by atoms with Crippen molar-refractivity contribution in [2.75, 3.05) is 26.7 Å². The number of sulfonamides is 1. The molecular formula is C19H30N2O2S. The molecule has 24 heavy (non-hydrogen) atoms. The summed E-state index contributed by atoms with van der Waals surface area (Å²) in [5.41, 5.74) is 4.09. The van der Waals surface area contributed by atoms with Gasteiger partial charge in [0.25, 0.3) is 0 Å². The van der Waals surface area contributed by atoms with Crippen molar-refractivity contribution in [3.05, 3.63) is 34.9 Å². The van der Waals surface area contributed by atoms with E-state index in [2.05, 4.69) is 36.9 Å². The Hall–Kier alpha value is -0.910. The molecular weight excluding hydrogens is 320 g/mol. The van der Waals surface area contributed by atoms with Gasteiger partial charge in [-0.3, -0.25) is 4.90 Å². The van der Waals surface area contributed by atoms with E-state index in [1.165, 1.54) is 16.7 Å². The van der Waals surface area contributed by atoms with Crippen LogP contribution >= 0.6 is 0 Å². The van der Waals surface area contributed by atoms with Crippen LogP contribution in [0.25, 0.3) is 0 Å². The zero-order chi connectivity index (χ0) is 17.3. The predicted octanol–water partition coefficient (Wildman–Crippen LogP) is 2.94. The maximum Gasteiger partial charge on any atom is 0.216 e. The van der Waals surface area contributed by atoms with Crippen molar-refractivity contribution in [3.63, 3.8) is 0 Å². The van der Waals surface area contributed by atoms with Gasteiger partial charge in [-0.05, 0) is 69.7 Å². The topological polar surface area (TPSA) is 40.6 Å². The van der Waals surface area contributed by atoms with Crippen LogP contribution < -0.4 is 0 Å². The molecule has 5 heteroatoms. The summed E-state index contributed by atoms with van der Waals surface area (Å²) in [6.45, 7) is 8.15. The van der Waals surface area contributed by atoms with Gasteiger partial charge in [-0.15, -0.1) is 0 Å². The van der Waals surface area contributed by atoms with E-state index in [4.69, 9.17) is 0 Å². The molecule has 2 aliphatic rings. The van der Waals surface area contributed by atoms with Crippen molar-refractivity contribution < 1.29 is 8.42 Å². The Bertz CT molecular complexity index is 675. The predicted molar refractivity (Wildman–Crippen MR) is 98.5 cm³/mol. The van der Waals surface area contributed by atoms with E-state index in [1.54, 1.807) is 11.4 Å². The molecule has 4 nitrogen and oxygen atoms in total. The Morgan fingerprint density at radius 1 is 1.12 bits per heavy atom. The van der Waals surface area contributed by atoms with Crippen molar-refractivity contribution in [1.82, 2.24) is 9.21 Å². The van der Waals surface area contributed by atoms with Crippen LogP contribution in [0.2, 0.25) is 0 Å². The second-order valence-electron chi connectivity index (χ2n) is 7.67. The van der Waals surface area contributed by atoms with E-state index in [0.717, 1.165) is 45.3 Å². The molecule has 1 saturated heterocycles. The average Bonchev–Trinajstić information content (AvgIpc) is 3.38. The van der Waals surface area contributed by atoms with Crippen LogP contribution in [-0.4, -0.2) is 49.6 Å². The molecule has 1 aromatic rings. The lowest BCUT2D eigenvalue weighted by atomic mass is 9.96. The average molecular weight is 351 g/mol. The molecule has 1 heterocycles. The first-order chi connectivity index (χ1) is 11.4. The molecule has 0 radical (unpaired) electrons. The lowest BCUT2D eigenvalue weighted by Gasteiger charge is -2.34. The molecule has 1 aliphatic heterocycles. The number of nitrogens with zero attached hydrogens (tertiary/aromatic N) is 2. The molecule has 0 atom stereocenters. The highest BCUT2D eigenvalue weighted by atomic mass is 32.2. The third-order valence-electron chi connectivity index (χ3n) is 5.50. The first-order valence-electron chi connectivity index (χ1n) is 9.10. The molecule has 0 spiro atoms. The molecule has 3 rings (SSSR count). The van der Waals surface area contributed by atoms with Crippen LogP contribution in [0, 0.1) is 19.8 Å². The molecule has 1 saturated carbocycles. The summed E-state index contributed by atoms with van der Waals surface area (Å²) in [5.74, 6) is 0.499. The number of piperidine rings is 1. The van der Waals surface area contributed by atoms with E-state index >= 15 is 0 Å². The third-order valence-corrected chi connectivity index (χ3v) is 7.83. The van der Waals surface area contributed by atoms with Crippen molar-refractivity contribution >= 4 is 10.0 Å². The monoisotopic (exact) mass is 350 g/mol. The van der Waals surface area contributed by atoms with Gasteiger partial charge in [-0.25, -0.2) is 12.7 Å². The SMILES string of the molecule is Cc1ccc(C)c(CN2CCC(CN(C)S(=O)(=O)C3CC3)CC2)c1. The minimum Gasteiger partial charge on any atom is -0.299 e. The lowest BCUT2D eigenvalue weighted by Crippen LogP contribution is -2.40. The highest BCUT2D eigenvalue weighted by Crippen LogP contribution is 2.31. The van der Waals surface area contributed by atoms with E-state index in [-0.39, 0.29) is 5.25 Å². The zero-order valence-electron chi connectivity index (χ0n) is 15.2. The maximum atomic E-state index is 12.3. The number of hydrogen-bond donors (Lipinski definition) is 0. The molecule has 0 N–H and O–H groups in total. The smallest absolute Gasteiger partial charge is 0.216 e. The molecule has 0 bridgehead atoms. The molecule has 0 aromatic heterocycles. The molecule has 2 fully saturated rings. The summed E-state index contributed by atoms with van der Waals surface area (Å²) in [6, 6.07) is 6.66. The summed E-state index contributed by atoms with van der Waals surface area (Å²) in [5, 5.41) is -0.0908. The van der Waals surface area contributed by atoms with Crippen molar-refractivity contribution in [2.24, 2.45) is 5.92 Å². The van der Waals surface area contributed by atoms with Crippen LogP contribution in [-0.2, 0) is 16.6 Å². The number of likely N-dealkylation sites (tertiary alicyclic amines) is 1. The molecule has 134 valence electrons. The Labute approximate surface area is 146 Å². The number of rotatable bonds is 6. The number of aryl methyl sites for hydroxylation is 2. The summed E-state index contributed by atoms with van der Waals surface area (Å²) < 4.78 is 26.1. The quantitative estimate of drug-likeness (QED) is 0.792. The van der Waals surface area contributed by atoms with Gasteiger partial charge >= 0.3 is 0 Å². The fourth-order valence-electron chi connectivity index (χ4n) is 3.63. The highest BCUT2D eigenvalue weighted by molar-refractivity contribution is 7.90. The Morgan fingerprint density at radius 2 is 1.79 bits per heavy atom. The second-order valence-corrected chi connectivity index (χ2v) is 9.99. The van der Waals surface area contributed by atoms with Crippen LogP contribution in [0.15, 0.2) is 18.2 Å². The summed E-state index contributed by atoms with van der Waals surface area (Å²) >= 11 is 0. The van der Waals surface area contributed by atoms with Crippen molar-refractivity contribution in [2.45, 2.75) is 51.3 Å². The van der Waals surface area contributed by atoms with Crippen molar-refractivity contribution in [1.29, 1.82) is 0 Å². The van der Waals surface area contributed by atoms with E-state index < -0.39 is 10.0 Å². The van der Waals surface area contributed by atoms with Gasteiger partial charge in [0.1, 0.15) is 0 Å². The number of hydrogen-bond acceptors (Lipinski definition) is 3. The molecule has 1 aromatic carbocycles. The van der Waals surface area contributed by atoms with Gasteiger partial charge in [0.2, 0.25) is 10.0 Å². The Balaban J connectivity index is 1.50. The van der Waals surface area contributed by atoms with Crippen LogP contribution in [0.5, 0.6) is 0 Å². The second kappa shape index (κ2) is 7.14. The van der Waals surface area contributed by atoms with E-state index in [9.17, 15) is 8.42 Å². The molecule has 0 unspecified atom stereocenters. The van der Waals surface area contributed by atoms with Crippen LogP contribution in [0.1, 0.15) is 42.4 Å². The van der Waals surface area contributed by atoms with Gasteiger partial charge in [0, 0.05) is 20.1 Å². The van der Waals surface area contributed by atoms with Gasteiger partial charge in [0.05, 0.1) is 5.25 Å². The zero-order valence-corrected chi connectivity index (χ0v) is 16.0. The van der Waals surface area contributed by atoms with Gasteiger partial charge in [-0.1, -0.05) is 23.8 Å². The normalized spacial score (nSPS) is 20.7. The first kappa shape index (κ1) is 17.9. The van der Waals surface area contributed by atoms with Gasteiger partial charge < -0.3 is 0 Å². The van der Waals surface area contributed by atoms with Crippen LogP contribution in [0.4, 0.5) is 0 Å². The third kappa shape index (κ3) is 4.19. The lowest BCUT2D eigenvalue weighted by molar-refractivity contribution is 0.166. The fraction of sp³-hybridized carbons (Fsp3) is 0.684. The fourth-order valence-corrected chi connectivity index (χ4v) is 5.29. The molecule has 0 amide bonds. The van der Waals surface area contributed by atoms with Crippen molar-refractivity contribution in [3.8, 4) is 0 Å². The maximum absolute atomic E-state index is 12.3. The van der Waals surface area contributed by atoms with Gasteiger partial charge in [-0.2, -0.15) is 0 Å². The van der Waals surface area contributed by atoms with E-state index in [0.29, 0.717) is 12.5 Å². The largest absolute Gasteiger partial charge is 0.299 e. The molecule has 1 aliphatic carbocycles. The Kier molecular flexibility index (Phi) is 5.33. The summed E-state index contributed by atoms with van der Waals surface area (Å²) in [4.78, 5) is 2.51. The van der Waals surface area contributed by atoms with E-state index in [1.807, 2.05) is 0 Å². The minimum absolute atomic E-state index is 0.0908. The summed E-state index contributed by atoms with van der Waals surface area (Å²) in [7, 11) is -1.26. The Morgan fingerprint density at radius 3 is 2.42 bits per heavy atom. The minimum atomic E-state index is -3.02. The summed E-state index contributed by atoms with van der Waals surface area (Å²) in [6.07, 6.45) is 3.88. The highest BCUT2D eigenvalue weighted by Gasteiger charge is 2.39. The van der Waals surface area contributed by atoms with Crippen LogP contribution in [0.3, 0.4) is 0 Å².